The molecule has 2 N–H and O–H groups in total. The zero-order chi connectivity index (χ0) is 11.1. The van der Waals surface area contributed by atoms with Gasteiger partial charge in [0.25, 0.3) is 0 Å². The van der Waals surface area contributed by atoms with E-state index in [4.69, 9.17) is 5.84 Å². The Morgan fingerprint density at radius 2 is 2.13 bits per heavy atom. The number of hydrogen-bond acceptors (Lipinski definition) is 2. The van der Waals surface area contributed by atoms with E-state index in [0.717, 1.165) is 6.54 Å². The van der Waals surface area contributed by atoms with Crippen molar-refractivity contribution in [2.45, 2.75) is 12.8 Å². The van der Waals surface area contributed by atoms with Crippen molar-refractivity contribution in [2.75, 3.05) is 6.54 Å². The molecule has 0 aliphatic rings. The van der Waals surface area contributed by atoms with Gasteiger partial charge in [0.2, 0.25) is 0 Å². The summed E-state index contributed by atoms with van der Waals surface area (Å²) < 4.78 is 0. The van der Waals surface area contributed by atoms with E-state index in [0.29, 0.717) is 5.92 Å². The molecule has 0 saturated heterocycles. The first-order valence-corrected chi connectivity index (χ1v) is 4.94. The molecule has 1 rings (SSSR count). The summed E-state index contributed by atoms with van der Waals surface area (Å²) >= 11 is 0. The molecule has 1 aromatic carbocycles. The lowest BCUT2D eigenvalue weighted by Crippen LogP contribution is -2.32. The number of hydrazine groups is 1. The predicted molar refractivity (Wildman–Crippen MR) is 64.4 cm³/mol. The summed E-state index contributed by atoms with van der Waals surface area (Å²) in [4.78, 5) is 3.86. The maximum Gasteiger partial charge on any atom is 0.104 e. The van der Waals surface area contributed by atoms with E-state index in [1.165, 1.54) is 11.8 Å². The van der Waals surface area contributed by atoms with Gasteiger partial charge < -0.3 is 5.01 Å². The van der Waals surface area contributed by atoms with Crippen LogP contribution in [0.5, 0.6) is 0 Å². The molecule has 0 bridgehead atoms. The molecule has 3 heteroatoms. The molecule has 1 unspecified atom stereocenters. The Hall–Kier alpha value is -1.61. The van der Waals surface area contributed by atoms with Gasteiger partial charge in [-0.25, -0.2) is 10.8 Å². The van der Waals surface area contributed by atoms with Crippen molar-refractivity contribution in [2.24, 2.45) is 10.8 Å². The van der Waals surface area contributed by atoms with Gasteiger partial charge in [0.05, 0.1) is 0 Å². The van der Waals surface area contributed by atoms with Gasteiger partial charge in [-0.1, -0.05) is 43.8 Å². The van der Waals surface area contributed by atoms with Gasteiger partial charge in [-0.3, -0.25) is 0 Å². The molecule has 15 heavy (non-hydrogen) atoms. The van der Waals surface area contributed by atoms with Gasteiger partial charge in [0, 0.05) is 18.7 Å². The molecule has 0 saturated carbocycles. The van der Waals surface area contributed by atoms with E-state index >= 15 is 0 Å². The molecule has 0 aliphatic carbocycles. The van der Waals surface area contributed by atoms with E-state index in [9.17, 15) is 0 Å². The van der Waals surface area contributed by atoms with Crippen LogP contribution in [-0.4, -0.2) is 17.9 Å². The van der Waals surface area contributed by atoms with E-state index in [1.54, 1.807) is 11.3 Å². The Morgan fingerprint density at radius 3 is 2.73 bits per heavy atom. The Morgan fingerprint density at radius 1 is 1.47 bits per heavy atom. The zero-order valence-corrected chi connectivity index (χ0v) is 9.00. The molecule has 0 fully saturated rings. The summed E-state index contributed by atoms with van der Waals surface area (Å²) in [5.74, 6) is 6.12. The van der Waals surface area contributed by atoms with Gasteiger partial charge in [0.1, 0.15) is 6.34 Å². The first-order valence-electron chi connectivity index (χ1n) is 4.94. The average Bonchev–Trinajstić information content (AvgIpc) is 2.27. The first-order chi connectivity index (χ1) is 7.24. The molecule has 0 spiro atoms. The van der Waals surface area contributed by atoms with Crippen molar-refractivity contribution in [1.82, 2.24) is 5.01 Å². The Kier molecular flexibility index (Phi) is 4.57. The number of aliphatic imine (C=N–C) groups is 1. The average molecular weight is 203 g/mol. The van der Waals surface area contributed by atoms with Crippen LogP contribution in [0.3, 0.4) is 0 Å². The topological polar surface area (TPSA) is 41.6 Å². The summed E-state index contributed by atoms with van der Waals surface area (Å²) in [6, 6.07) is 10.3. The third kappa shape index (κ3) is 3.95. The van der Waals surface area contributed by atoms with Crippen molar-refractivity contribution in [3.05, 3.63) is 48.7 Å². The van der Waals surface area contributed by atoms with Gasteiger partial charge in [0.15, 0.2) is 0 Å². The monoisotopic (exact) mass is 203 g/mol. The van der Waals surface area contributed by atoms with E-state index in [1.807, 2.05) is 18.2 Å². The molecule has 0 aliphatic heterocycles. The van der Waals surface area contributed by atoms with E-state index in [-0.39, 0.29) is 0 Å². The van der Waals surface area contributed by atoms with Crippen molar-refractivity contribution in [3.63, 3.8) is 0 Å². The maximum atomic E-state index is 5.73. The molecule has 80 valence electrons. The third-order valence-corrected chi connectivity index (χ3v) is 2.17. The van der Waals surface area contributed by atoms with Gasteiger partial charge in [-0.15, -0.1) is 0 Å². The zero-order valence-electron chi connectivity index (χ0n) is 9.00. The molecule has 0 radical (unpaired) electrons. The van der Waals surface area contributed by atoms with Crippen molar-refractivity contribution in [3.8, 4) is 0 Å². The maximum absolute atomic E-state index is 5.73. The second kappa shape index (κ2) is 5.98. The molecular weight excluding hydrogens is 186 g/mol. The lowest BCUT2D eigenvalue weighted by molar-refractivity contribution is 0.422. The van der Waals surface area contributed by atoms with Crippen LogP contribution >= 0.6 is 0 Å². The highest BCUT2D eigenvalue weighted by Gasteiger charge is 2.06. The Balaban J connectivity index is 2.52. The van der Waals surface area contributed by atoms with Crippen LogP contribution < -0.4 is 5.84 Å². The number of nitrogens with zero attached hydrogens (tertiary/aromatic N) is 2. The van der Waals surface area contributed by atoms with E-state index in [2.05, 4.69) is 30.6 Å². The standard InChI is InChI=1S/C12H17N3/c1-3-14-10-15(13)9-11(2)12-7-5-4-6-8-12/h3-8,10-11H,1,9,13H2,2H3/b14-10-. The lowest BCUT2D eigenvalue weighted by Gasteiger charge is -2.18. The molecule has 0 aromatic heterocycles. The third-order valence-electron chi connectivity index (χ3n) is 2.17. The van der Waals surface area contributed by atoms with Crippen LogP contribution in [0.4, 0.5) is 0 Å². The number of nitrogens with two attached hydrogens (primary N) is 1. The summed E-state index contributed by atoms with van der Waals surface area (Å²) in [6.45, 7) is 6.36. The molecule has 1 atom stereocenters. The highest BCUT2D eigenvalue weighted by molar-refractivity contribution is 5.54. The van der Waals surface area contributed by atoms with E-state index < -0.39 is 0 Å². The quantitative estimate of drug-likeness (QED) is 0.345. The second-order valence-electron chi connectivity index (χ2n) is 3.46. The normalized spacial score (nSPS) is 12.7. The van der Waals surface area contributed by atoms with Crippen molar-refractivity contribution in [1.29, 1.82) is 0 Å². The molecule has 3 nitrogen and oxygen atoms in total. The fourth-order valence-corrected chi connectivity index (χ4v) is 1.38. The lowest BCUT2D eigenvalue weighted by atomic mass is 10.0. The van der Waals surface area contributed by atoms with Crippen molar-refractivity contribution >= 4 is 6.34 Å². The smallest absolute Gasteiger partial charge is 0.104 e. The molecule has 1 aromatic rings. The Bertz CT molecular complexity index is 319. The summed E-state index contributed by atoms with van der Waals surface area (Å²) in [5.41, 5.74) is 1.28. The molecule has 0 heterocycles. The number of rotatable bonds is 5. The minimum absolute atomic E-state index is 0.382. The minimum atomic E-state index is 0.382. The largest absolute Gasteiger partial charge is 0.300 e. The summed E-state index contributed by atoms with van der Waals surface area (Å²) in [6.07, 6.45) is 3.04. The summed E-state index contributed by atoms with van der Waals surface area (Å²) in [7, 11) is 0. The highest BCUT2D eigenvalue weighted by Crippen LogP contribution is 2.14. The highest BCUT2D eigenvalue weighted by atomic mass is 15.4. The van der Waals surface area contributed by atoms with Crippen LogP contribution in [0.2, 0.25) is 0 Å². The predicted octanol–water partition coefficient (Wildman–Crippen LogP) is 2.14. The Labute approximate surface area is 90.9 Å². The SMILES string of the molecule is C=C/N=C\N(N)CC(C)c1ccccc1. The van der Waals surface area contributed by atoms with Gasteiger partial charge in [-0.05, 0) is 5.56 Å². The van der Waals surface area contributed by atoms with Crippen LogP contribution in [0, 0.1) is 0 Å². The second-order valence-corrected chi connectivity index (χ2v) is 3.46. The van der Waals surface area contributed by atoms with Gasteiger partial charge >= 0.3 is 0 Å². The van der Waals surface area contributed by atoms with Gasteiger partial charge in [-0.2, -0.15) is 0 Å². The summed E-state index contributed by atoms with van der Waals surface area (Å²) in [5, 5.41) is 1.57. The minimum Gasteiger partial charge on any atom is -0.300 e. The fourth-order valence-electron chi connectivity index (χ4n) is 1.38. The first kappa shape index (κ1) is 11.5. The van der Waals surface area contributed by atoms with Crippen LogP contribution in [-0.2, 0) is 0 Å². The van der Waals surface area contributed by atoms with Crippen LogP contribution in [0.15, 0.2) is 48.1 Å². The van der Waals surface area contributed by atoms with Crippen LogP contribution in [0.25, 0.3) is 0 Å². The van der Waals surface area contributed by atoms with Crippen molar-refractivity contribution < 1.29 is 0 Å². The van der Waals surface area contributed by atoms with Crippen LogP contribution in [0.1, 0.15) is 18.4 Å². The number of hydrogen-bond donors (Lipinski definition) is 1. The molecule has 0 amide bonds. The fraction of sp³-hybridized carbons (Fsp3) is 0.250. The molecular formula is C12H17N3. The number of benzene rings is 1.